The van der Waals surface area contributed by atoms with E-state index in [0.29, 0.717) is 10.9 Å². The van der Waals surface area contributed by atoms with Crippen molar-refractivity contribution in [1.82, 2.24) is 0 Å². The van der Waals surface area contributed by atoms with Crippen LogP contribution in [0.5, 0.6) is 5.75 Å². The molecule has 2 aromatic rings. The molecule has 0 saturated carbocycles. The van der Waals surface area contributed by atoms with E-state index in [2.05, 4.69) is 57.2 Å². The largest absolute Gasteiger partial charge is 0.493 e. The van der Waals surface area contributed by atoms with E-state index in [9.17, 15) is 0 Å². The highest BCUT2D eigenvalue weighted by Crippen LogP contribution is 2.40. The Morgan fingerprint density at radius 2 is 1.68 bits per heavy atom. The molecule has 3 rings (SSSR count). The zero-order valence-electron chi connectivity index (χ0n) is 14.0. The van der Waals surface area contributed by atoms with Gasteiger partial charge in [-0.05, 0) is 51.3 Å². The van der Waals surface area contributed by atoms with E-state index in [-0.39, 0.29) is 0 Å². The predicted octanol–water partition coefficient (Wildman–Crippen LogP) is 5.57. The van der Waals surface area contributed by atoms with Crippen LogP contribution in [-0.2, 0) is 10.9 Å². The summed E-state index contributed by atoms with van der Waals surface area (Å²) in [6.07, 6.45) is 5.03. The molecule has 0 aromatic heterocycles. The molecule has 0 aliphatic carbocycles. The molecule has 0 radical (unpaired) electrons. The Balaban J connectivity index is 2.01. The van der Waals surface area contributed by atoms with E-state index < -0.39 is 0 Å². The number of benzene rings is 2. The SMILES string of the molecule is CCCCOc1ccc([S+]2C(C)CCC2C)c2ccccc12. The fourth-order valence-electron chi connectivity index (χ4n) is 3.46. The second kappa shape index (κ2) is 6.95. The molecule has 1 saturated heterocycles. The summed E-state index contributed by atoms with van der Waals surface area (Å²) in [6, 6.07) is 13.3. The van der Waals surface area contributed by atoms with E-state index in [1.807, 2.05) is 0 Å². The first-order valence-corrected chi connectivity index (χ1v) is 9.94. The van der Waals surface area contributed by atoms with Gasteiger partial charge in [0.25, 0.3) is 0 Å². The second-order valence-corrected chi connectivity index (χ2v) is 9.17. The molecule has 118 valence electrons. The van der Waals surface area contributed by atoms with Gasteiger partial charge in [-0.1, -0.05) is 31.5 Å². The average Bonchev–Trinajstić information content (AvgIpc) is 2.87. The molecule has 0 N–H and O–H groups in total. The molecular weight excluding hydrogens is 288 g/mol. The van der Waals surface area contributed by atoms with E-state index >= 15 is 0 Å². The van der Waals surface area contributed by atoms with Crippen molar-refractivity contribution < 1.29 is 4.74 Å². The van der Waals surface area contributed by atoms with E-state index in [4.69, 9.17) is 4.74 Å². The van der Waals surface area contributed by atoms with Gasteiger partial charge in [0.2, 0.25) is 0 Å². The lowest BCUT2D eigenvalue weighted by atomic mass is 10.1. The van der Waals surface area contributed by atoms with Crippen LogP contribution in [-0.4, -0.2) is 17.1 Å². The lowest BCUT2D eigenvalue weighted by Crippen LogP contribution is -2.19. The molecule has 1 nitrogen and oxygen atoms in total. The summed E-state index contributed by atoms with van der Waals surface area (Å²) < 4.78 is 6.03. The standard InChI is InChI=1S/C20H27OS/c1-4-5-14-21-19-12-13-20(18-9-7-6-8-17(18)19)22-15(2)10-11-16(22)3/h6-9,12-13,15-16H,4-5,10-11,14H2,1-3H3/q+1. The van der Waals surface area contributed by atoms with Crippen molar-refractivity contribution in [3.8, 4) is 5.75 Å². The maximum atomic E-state index is 6.03. The number of hydrogen-bond acceptors (Lipinski definition) is 1. The first-order chi connectivity index (χ1) is 10.7. The van der Waals surface area contributed by atoms with Crippen molar-refractivity contribution in [2.75, 3.05) is 6.61 Å². The summed E-state index contributed by atoms with van der Waals surface area (Å²) >= 11 is 0. The van der Waals surface area contributed by atoms with Crippen molar-refractivity contribution in [3.63, 3.8) is 0 Å². The van der Waals surface area contributed by atoms with E-state index in [0.717, 1.165) is 29.3 Å². The third kappa shape index (κ3) is 2.99. The number of unbranched alkanes of at least 4 members (excludes halogenated alkanes) is 1. The van der Waals surface area contributed by atoms with Gasteiger partial charge in [0.05, 0.1) is 6.61 Å². The monoisotopic (exact) mass is 315 g/mol. The third-order valence-electron chi connectivity index (χ3n) is 4.70. The average molecular weight is 316 g/mol. The van der Waals surface area contributed by atoms with Crippen molar-refractivity contribution in [1.29, 1.82) is 0 Å². The van der Waals surface area contributed by atoms with Gasteiger partial charge >= 0.3 is 0 Å². The summed E-state index contributed by atoms with van der Waals surface area (Å²) in [4.78, 5) is 1.55. The molecule has 22 heavy (non-hydrogen) atoms. The van der Waals surface area contributed by atoms with Gasteiger partial charge in [-0.25, -0.2) is 0 Å². The summed E-state index contributed by atoms with van der Waals surface area (Å²) in [5.74, 6) is 1.05. The molecule has 0 amide bonds. The molecule has 1 aliphatic heterocycles. The lowest BCUT2D eigenvalue weighted by Gasteiger charge is -2.15. The zero-order chi connectivity index (χ0) is 15.5. The molecule has 2 unspecified atom stereocenters. The zero-order valence-corrected chi connectivity index (χ0v) is 14.8. The smallest absolute Gasteiger partial charge is 0.163 e. The Morgan fingerprint density at radius 1 is 1.00 bits per heavy atom. The van der Waals surface area contributed by atoms with Gasteiger partial charge in [-0.15, -0.1) is 0 Å². The van der Waals surface area contributed by atoms with Gasteiger partial charge in [0.1, 0.15) is 16.2 Å². The van der Waals surface area contributed by atoms with Crippen LogP contribution >= 0.6 is 0 Å². The Morgan fingerprint density at radius 3 is 2.36 bits per heavy atom. The van der Waals surface area contributed by atoms with Crippen LogP contribution in [0.4, 0.5) is 0 Å². The first-order valence-electron chi connectivity index (χ1n) is 8.58. The van der Waals surface area contributed by atoms with Crippen LogP contribution < -0.4 is 4.74 Å². The van der Waals surface area contributed by atoms with Crippen molar-refractivity contribution in [3.05, 3.63) is 36.4 Å². The van der Waals surface area contributed by atoms with Gasteiger partial charge in [0, 0.05) is 21.7 Å². The van der Waals surface area contributed by atoms with Gasteiger partial charge in [-0.2, -0.15) is 0 Å². The predicted molar refractivity (Wildman–Crippen MR) is 98.1 cm³/mol. The minimum Gasteiger partial charge on any atom is -0.493 e. The van der Waals surface area contributed by atoms with Crippen molar-refractivity contribution in [2.45, 2.75) is 61.8 Å². The van der Waals surface area contributed by atoms with Crippen LogP contribution in [0.2, 0.25) is 0 Å². The Kier molecular flexibility index (Phi) is 4.97. The fraction of sp³-hybridized carbons (Fsp3) is 0.500. The van der Waals surface area contributed by atoms with Gasteiger partial charge in [0.15, 0.2) is 4.90 Å². The summed E-state index contributed by atoms with van der Waals surface area (Å²) in [5, 5.41) is 4.31. The third-order valence-corrected chi connectivity index (χ3v) is 7.77. The Hall–Kier alpha value is -1.15. The van der Waals surface area contributed by atoms with E-state index in [1.54, 1.807) is 4.90 Å². The highest BCUT2D eigenvalue weighted by molar-refractivity contribution is 7.98. The number of ether oxygens (including phenoxy) is 1. The molecule has 1 heterocycles. The highest BCUT2D eigenvalue weighted by Gasteiger charge is 2.42. The molecular formula is C20H27OS+. The van der Waals surface area contributed by atoms with Crippen molar-refractivity contribution >= 4 is 21.7 Å². The van der Waals surface area contributed by atoms with Crippen molar-refractivity contribution in [2.24, 2.45) is 0 Å². The highest BCUT2D eigenvalue weighted by atomic mass is 32.2. The number of fused-ring (bicyclic) bond motifs is 1. The normalized spacial score (nSPS) is 24.8. The number of rotatable bonds is 5. The van der Waals surface area contributed by atoms with Crippen LogP contribution in [0, 0.1) is 0 Å². The molecule has 2 heteroatoms. The van der Waals surface area contributed by atoms with Crippen LogP contribution in [0.3, 0.4) is 0 Å². The van der Waals surface area contributed by atoms with Crippen LogP contribution in [0.1, 0.15) is 46.5 Å². The molecule has 0 bridgehead atoms. The molecule has 2 aromatic carbocycles. The molecule has 2 atom stereocenters. The lowest BCUT2D eigenvalue weighted by molar-refractivity contribution is 0.313. The first kappa shape index (κ1) is 15.7. The maximum Gasteiger partial charge on any atom is 0.163 e. The summed E-state index contributed by atoms with van der Waals surface area (Å²) in [5.41, 5.74) is 0. The Bertz CT molecular complexity index is 627. The maximum absolute atomic E-state index is 6.03. The molecule has 1 fully saturated rings. The fourth-order valence-corrected chi connectivity index (χ4v) is 6.55. The van der Waals surface area contributed by atoms with Crippen LogP contribution in [0.25, 0.3) is 10.8 Å². The minimum absolute atomic E-state index is 0.374. The second-order valence-electron chi connectivity index (χ2n) is 6.38. The minimum atomic E-state index is 0.374. The summed E-state index contributed by atoms with van der Waals surface area (Å²) in [7, 11) is 0.374. The topological polar surface area (TPSA) is 9.23 Å². The molecule has 0 spiro atoms. The number of hydrogen-bond donors (Lipinski definition) is 0. The quantitative estimate of drug-likeness (QED) is 0.518. The Labute approximate surface area is 137 Å². The van der Waals surface area contributed by atoms with Gasteiger partial charge in [-0.3, -0.25) is 0 Å². The van der Waals surface area contributed by atoms with E-state index in [1.165, 1.54) is 30.0 Å². The van der Waals surface area contributed by atoms with Crippen LogP contribution in [0.15, 0.2) is 41.3 Å². The van der Waals surface area contributed by atoms with Gasteiger partial charge < -0.3 is 4.74 Å². The summed E-state index contributed by atoms with van der Waals surface area (Å²) in [6.45, 7) is 7.87. The molecule has 1 aliphatic rings.